The molecule has 0 spiro atoms. The molecule has 0 radical (unpaired) electrons. The van der Waals surface area contributed by atoms with Crippen LogP contribution < -0.4 is 5.32 Å². The van der Waals surface area contributed by atoms with E-state index in [0.717, 1.165) is 22.9 Å². The van der Waals surface area contributed by atoms with E-state index >= 15 is 0 Å². The van der Waals surface area contributed by atoms with Gasteiger partial charge in [-0.25, -0.2) is 0 Å². The first-order valence-electron chi connectivity index (χ1n) is 7.61. The minimum absolute atomic E-state index is 0.150. The zero-order chi connectivity index (χ0) is 16.4. The lowest BCUT2D eigenvalue weighted by Crippen LogP contribution is -2.49. The van der Waals surface area contributed by atoms with Gasteiger partial charge in [-0.05, 0) is 44.4 Å². The zero-order valence-electron chi connectivity index (χ0n) is 13.2. The lowest BCUT2D eigenvalue weighted by molar-refractivity contribution is 0.0345. The van der Waals surface area contributed by atoms with E-state index in [1.54, 1.807) is 13.8 Å². The molecular weight excluding hydrogens is 360 g/mol. The Morgan fingerprint density at radius 2 is 2.04 bits per heavy atom. The topological polar surface area (TPSA) is 64.4 Å². The van der Waals surface area contributed by atoms with Crippen molar-refractivity contribution in [2.75, 3.05) is 13.2 Å². The SMILES string of the molecule is Cc1noc(C)c1C(=O)NC1(c2cccc(Br)c2)CCOCC1. The van der Waals surface area contributed by atoms with Gasteiger partial charge in [0.25, 0.3) is 5.91 Å². The van der Waals surface area contributed by atoms with Gasteiger partial charge in [0, 0.05) is 17.7 Å². The Morgan fingerprint density at radius 3 is 2.65 bits per heavy atom. The van der Waals surface area contributed by atoms with Gasteiger partial charge in [0.1, 0.15) is 11.3 Å². The molecule has 1 aliphatic heterocycles. The van der Waals surface area contributed by atoms with Crippen LogP contribution in [0.1, 0.15) is 40.2 Å². The zero-order valence-corrected chi connectivity index (χ0v) is 14.8. The first kappa shape index (κ1) is 16.2. The number of ether oxygens (including phenoxy) is 1. The van der Waals surface area contributed by atoms with E-state index in [1.165, 1.54) is 0 Å². The van der Waals surface area contributed by atoms with Crippen LogP contribution in [-0.2, 0) is 10.3 Å². The summed E-state index contributed by atoms with van der Waals surface area (Å²) in [5.74, 6) is 0.388. The van der Waals surface area contributed by atoms with Gasteiger partial charge in [0.2, 0.25) is 0 Å². The van der Waals surface area contributed by atoms with Gasteiger partial charge in [-0.15, -0.1) is 0 Å². The van der Waals surface area contributed by atoms with E-state index in [9.17, 15) is 4.79 Å². The van der Waals surface area contributed by atoms with E-state index in [0.29, 0.717) is 30.2 Å². The molecule has 1 N–H and O–H groups in total. The van der Waals surface area contributed by atoms with Crippen LogP contribution in [0, 0.1) is 13.8 Å². The van der Waals surface area contributed by atoms with Crippen LogP contribution in [0.25, 0.3) is 0 Å². The van der Waals surface area contributed by atoms with E-state index in [2.05, 4.69) is 32.5 Å². The lowest BCUT2D eigenvalue weighted by atomic mass is 9.82. The van der Waals surface area contributed by atoms with Gasteiger partial charge in [-0.3, -0.25) is 4.79 Å². The molecule has 0 aliphatic carbocycles. The Labute approximate surface area is 143 Å². The summed E-state index contributed by atoms with van der Waals surface area (Å²) in [6.07, 6.45) is 1.47. The first-order chi connectivity index (χ1) is 11.0. The Morgan fingerprint density at radius 1 is 1.30 bits per heavy atom. The van der Waals surface area contributed by atoms with Gasteiger partial charge in [-0.1, -0.05) is 33.2 Å². The first-order valence-corrected chi connectivity index (χ1v) is 8.40. The van der Waals surface area contributed by atoms with Crippen LogP contribution in [0.15, 0.2) is 33.3 Å². The van der Waals surface area contributed by atoms with Crippen LogP contribution in [0.5, 0.6) is 0 Å². The second-order valence-electron chi connectivity index (χ2n) is 5.86. The number of amides is 1. The maximum atomic E-state index is 12.8. The predicted molar refractivity (Wildman–Crippen MR) is 89.3 cm³/mol. The largest absolute Gasteiger partial charge is 0.381 e. The molecule has 5 nitrogen and oxygen atoms in total. The number of carbonyl (C=O) groups excluding carboxylic acids is 1. The molecule has 122 valence electrons. The minimum Gasteiger partial charge on any atom is -0.381 e. The van der Waals surface area contributed by atoms with Crippen molar-refractivity contribution in [2.24, 2.45) is 0 Å². The standard InChI is InChI=1S/C17H19BrN2O3/c1-11-15(12(2)23-20-11)16(21)19-17(6-8-22-9-7-17)13-4-3-5-14(18)10-13/h3-5,10H,6-9H2,1-2H3,(H,19,21). The quantitative estimate of drug-likeness (QED) is 0.887. The number of nitrogens with zero attached hydrogens (tertiary/aromatic N) is 1. The fraction of sp³-hybridized carbons (Fsp3) is 0.412. The summed E-state index contributed by atoms with van der Waals surface area (Å²) in [6, 6.07) is 8.06. The number of rotatable bonds is 3. The fourth-order valence-corrected chi connectivity index (χ4v) is 3.48. The minimum atomic E-state index is -0.435. The third-order valence-corrected chi connectivity index (χ3v) is 4.83. The number of halogens is 1. The smallest absolute Gasteiger partial charge is 0.257 e. The molecule has 1 amide bonds. The highest BCUT2D eigenvalue weighted by Crippen LogP contribution is 2.34. The Bertz CT molecular complexity index is 701. The van der Waals surface area contributed by atoms with Crippen LogP contribution >= 0.6 is 15.9 Å². The average Bonchev–Trinajstić information content (AvgIpc) is 2.87. The molecule has 0 atom stereocenters. The summed E-state index contributed by atoms with van der Waals surface area (Å²) < 4.78 is 11.6. The molecule has 1 saturated heterocycles. The molecule has 0 saturated carbocycles. The monoisotopic (exact) mass is 378 g/mol. The number of hydrogen-bond acceptors (Lipinski definition) is 4. The van der Waals surface area contributed by atoms with Crippen molar-refractivity contribution in [2.45, 2.75) is 32.2 Å². The van der Waals surface area contributed by atoms with Gasteiger partial charge in [0.15, 0.2) is 0 Å². The van der Waals surface area contributed by atoms with Crippen molar-refractivity contribution < 1.29 is 14.1 Å². The van der Waals surface area contributed by atoms with E-state index in [4.69, 9.17) is 9.26 Å². The third-order valence-electron chi connectivity index (χ3n) is 4.34. The molecular formula is C17H19BrN2O3. The van der Waals surface area contributed by atoms with Crippen molar-refractivity contribution in [3.8, 4) is 0 Å². The maximum absolute atomic E-state index is 12.8. The van der Waals surface area contributed by atoms with Crippen LogP contribution in [0.2, 0.25) is 0 Å². The summed E-state index contributed by atoms with van der Waals surface area (Å²) in [6.45, 7) is 4.77. The van der Waals surface area contributed by atoms with Crippen molar-refractivity contribution in [1.82, 2.24) is 10.5 Å². The maximum Gasteiger partial charge on any atom is 0.257 e. The van der Waals surface area contributed by atoms with Gasteiger partial charge in [0.05, 0.1) is 11.2 Å². The molecule has 0 bridgehead atoms. The summed E-state index contributed by atoms with van der Waals surface area (Å²) in [5, 5.41) is 7.09. The highest BCUT2D eigenvalue weighted by molar-refractivity contribution is 9.10. The molecule has 2 heterocycles. The number of benzene rings is 1. The number of nitrogens with one attached hydrogen (secondary N) is 1. The summed E-state index contributed by atoms with van der Waals surface area (Å²) in [4.78, 5) is 12.8. The molecule has 1 aromatic heterocycles. The average molecular weight is 379 g/mol. The molecule has 1 aliphatic rings. The molecule has 6 heteroatoms. The number of carbonyl (C=O) groups is 1. The third kappa shape index (κ3) is 3.19. The van der Waals surface area contributed by atoms with E-state index < -0.39 is 5.54 Å². The molecule has 2 aromatic rings. The van der Waals surface area contributed by atoms with Crippen molar-refractivity contribution in [1.29, 1.82) is 0 Å². The predicted octanol–water partition coefficient (Wildman–Crippen LogP) is 3.49. The summed E-state index contributed by atoms with van der Waals surface area (Å²) in [7, 11) is 0. The lowest BCUT2D eigenvalue weighted by Gasteiger charge is -2.38. The van der Waals surface area contributed by atoms with E-state index in [-0.39, 0.29) is 5.91 Å². The Kier molecular flexibility index (Phi) is 4.55. The second kappa shape index (κ2) is 6.45. The van der Waals surface area contributed by atoms with Crippen molar-refractivity contribution in [3.63, 3.8) is 0 Å². The molecule has 23 heavy (non-hydrogen) atoms. The number of hydrogen-bond donors (Lipinski definition) is 1. The van der Waals surface area contributed by atoms with Crippen LogP contribution in [0.4, 0.5) is 0 Å². The Balaban J connectivity index is 1.95. The molecule has 0 unspecified atom stereocenters. The van der Waals surface area contributed by atoms with Crippen molar-refractivity contribution in [3.05, 3.63) is 51.3 Å². The van der Waals surface area contributed by atoms with Crippen LogP contribution in [0.3, 0.4) is 0 Å². The summed E-state index contributed by atoms with van der Waals surface area (Å²) in [5.41, 5.74) is 1.77. The summed E-state index contributed by atoms with van der Waals surface area (Å²) >= 11 is 3.51. The fourth-order valence-electron chi connectivity index (χ4n) is 3.08. The number of aromatic nitrogens is 1. The van der Waals surface area contributed by atoms with Gasteiger partial charge in [-0.2, -0.15) is 0 Å². The van der Waals surface area contributed by atoms with Crippen molar-refractivity contribution >= 4 is 21.8 Å². The molecule has 1 aromatic carbocycles. The second-order valence-corrected chi connectivity index (χ2v) is 6.77. The van der Waals surface area contributed by atoms with Gasteiger partial charge >= 0.3 is 0 Å². The highest BCUT2D eigenvalue weighted by Gasteiger charge is 2.37. The highest BCUT2D eigenvalue weighted by atomic mass is 79.9. The molecule has 3 rings (SSSR count). The van der Waals surface area contributed by atoms with E-state index in [1.807, 2.05) is 18.2 Å². The Hall–Kier alpha value is -1.66. The van der Waals surface area contributed by atoms with Gasteiger partial charge < -0.3 is 14.6 Å². The molecule has 1 fully saturated rings. The normalized spacial score (nSPS) is 17.0. The number of aryl methyl sites for hydroxylation is 2. The van der Waals surface area contributed by atoms with Crippen LogP contribution in [-0.4, -0.2) is 24.3 Å².